The third kappa shape index (κ3) is 1.16. The number of ether oxygens (including phenoxy) is 1. The second-order valence-corrected chi connectivity index (χ2v) is 3.06. The van der Waals surface area contributed by atoms with E-state index in [9.17, 15) is 0 Å². The molecule has 0 bridgehead atoms. The molecule has 0 N–H and O–H groups in total. The van der Waals surface area contributed by atoms with Crippen molar-refractivity contribution in [3.8, 4) is 0 Å². The Kier molecular flexibility index (Phi) is 1.74. The molecule has 0 amide bonds. The van der Waals surface area contributed by atoms with Crippen LogP contribution in [0, 0.1) is 0 Å². The fraction of sp³-hybridized carbons (Fsp3) is 0.273. The zero-order chi connectivity index (χ0) is 8.44. The van der Waals surface area contributed by atoms with Crippen LogP contribution in [0.25, 0.3) is 0 Å². The number of epoxide rings is 1. The van der Waals surface area contributed by atoms with Gasteiger partial charge in [-0.25, -0.2) is 0 Å². The molecule has 62 valence electrons. The summed E-state index contributed by atoms with van der Waals surface area (Å²) in [6.07, 6.45) is 15.5. The summed E-state index contributed by atoms with van der Waals surface area (Å²) in [4.78, 5) is 0. The monoisotopic (exact) mass is 160 g/mol. The van der Waals surface area contributed by atoms with Gasteiger partial charge in [0.2, 0.25) is 0 Å². The molecule has 0 radical (unpaired) electrons. The largest absolute Gasteiger partial charge is 0.353 e. The summed E-state index contributed by atoms with van der Waals surface area (Å²) in [6, 6.07) is 0. The molecular weight excluding hydrogens is 148 g/mol. The van der Waals surface area contributed by atoms with E-state index < -0.39 is 0 Å². The van der Waals surface area contributed by atoms with E-state index in [0.717, 1.165) is 6.42 Å². The van der Waals surface area contributed by atoms with Gasteiger partial charge in [0.05, 0.1) is 0 Å². The van der Waals surface area contributed by atoms with E-state index in [1.807, 2.05) is 18.2 Å². The Morgan fingerprint density at radius 2 is 2.42 bits per heavy atom. The summed E-state index contributed by atoms with van der Waals surface area (Å²) in [6.45, 7) is 3.66. The predicted octanol–water partition coefficient (Wildman–Crippen LogP) is 2.38. The predicted molar refractivity (Wildman–Crippen MR) is 49.8 cm³/mol. The van der Waals surface area contributed by atoms with Crippen molar-refractivity contribution in [1.82, 2.24) is 0 Å². The second-order valence-electron chi connectivity index (χ2n) is 3.06. The zero-order valence-electron chi connectivity index (χ0n) is 6.94. The number of hydrogen-bond donors (Lipinski definition) is 0. The molecule has 2 atom stereocenters. The lowest BCUT2D eigenvalue weighted by Crippen LogP contribution is -2.07. The molecule has 0 aromatic carbocycles. The van der Waals surface area contributed by atoms with E-state index in [0.29, 0.717) is 0 Å². The Balaban J connectivity index is 2.02. The molecule has 12 heavy (non-hydrogen) atoms. The first-order valence-electron chi connectivity index (χ1n) is 4.20. The molecule has 2 aliphatic rings. The first-order chi connectivity index (χ1) is 5.87. The molecule has 1 aliphatic heterocycles. The van der Waals surface area contributed by atoms with Crippen molar-refractivity contribution in [3.05, 3.63) is 49.1 Å². The van der Waals surface area contributed by atoms with Gasteiger partial charge >= 0.3 is 0 Å². The van der Waals surface area contributed by atoms with Gasteiger partial charge in [0.25, 0.3) is 0 Å². The average molecular weight is 160 g/mol. The Bertz CT molecular complexity index is 273. The van der Waals surface area contributed by atoms with Crippen LogP contribution in [-0.2, 0) is 4.74 Å². The maximum atomic E-state index is 5.52. The Labute approximate surface area is 72.7 Å². The lowest BCUT2D eigenvalue weighted by Gasteiger charge is -2.00. The van der Waals surface area contributed by atoms with Crippen molar-refractivity contribution in [3.63, 3.8) is 0 Å². The van der Waals surface area contributed by atoms with Crippen molar-refractivity contribution < 1.29 is 4.74 Å². The first kappa shape index (κ1) is 7.56. The van der Waals surface area contributed by atoms with E-state index in [-0.39, 0.29) is 11.7 Å². The molecule has 0 spiro atoms. The summed E-state index contributed by atoms with van der Waals surface area (Å²) in [7, 11) is 0. The van der Waals surface area contributed by atoms with Crippen LogP contribution >= 0.6 is 0 Å². The van der Waals surface area contributed by atoms with Crippen molar-refractivity contribution >= 4 is 0 Å². The lowest BCUT2D eigenvalue weighted by molar-refractivity contribution is 0.376. The molecule has 1 nitrogen and oxygen atoms in total. The van der Waals surface area contributed by atoms with Crippen LogP contribution in [0.5, 0.6) is 0 Å². The quantitative estimate of drug-likeness (QED) is 0.456. The van der Waals surface area contributed by atoms with Crippen molar-refractivity contribution in [1.29, 1.82) is 0 Å². The van der Waals surface area contributed by atoms with E-state index in [4.69, 9.17) is 4.74 Å². The topological polar surface area (TPSA) is 12.5 Å². The molecule has 0 aromatic heterocycles. The zero-order valence-corrected chi connectivity index (χ0v) is 6.94. The lowest BCUT2D eigenvalue weighted by atomic mass is 10.00. The minimum Gasteiger partial charge on any atom is -0.353 e. The van der Waals surface area contributed by atoms with Gasteiger partial charge in [-0.05, 0) is 18.6 Å². The summed E-state index contributed by atoms with van der Waals surface area (Å²) >= 11 is 0. The fourth-order valence-electron chi connectivity index (χ4n) is 1.42. The van der Waals surface area contributed by atoms with E-state index in [1.54, 1.807) is 0 Å². The first-order valence-corrected chi connectivity index (χ1v) is 4.20. The number of rotatable bonds is 3. The Hall–Kier alpha value is -1.08. The molecule has 1 heterocycles. The van der Waals surface area contributed by atoms with Gasteiger partial charge in [0.1, 0.15) is 11.7 Å². The molecule has 2 rings (SSSR count). The minimum atomic E-state index is -0.0994. The molecule has 1 heteroatoms. The highest BCUT2D eigenvalue weighted by Crippen LogP contribution is 2.42. The summed E-state index contributed by atoms with van der Waals surface area (Å²) in [5.41, 5.74) is -0.0994. The highest BCUT2D eigenvalue weighted by molar-refractivity contribution is 5.37. The van der Waals surface area contributed by atoms with Crippen LogP contribution in [0.3, 0.4) is 0 Å². The van der Waals surface area contributed by atoms with Crippen LogP contribution in [0.2, 0.25) is 0 Å². The number of hydrogen-bond acceptors (Lipinski definition) is 1. The minimum absolute atomic E-state index is 0.0994. The molecule has 0 aromatic rings. The summed E-state index contributed by atoms with van der Waals surface area (Å²) in [5.74, 6) is 0. The average Bonchev–Trinajstić information content (AvgIpc) is 2.79. The molecule has 0 saturated carbocycles. The highest BCUT2D eigenvalue weighted by atomic mass is 16.6. The van der Waals surface area contributed by atoms with Crippen LogP contribution in [0.15, 0.2) is 49.1 Å². The molecule has 2 unspecified atom stereocenters. The van der Waals surface area contributed by atoms with Gasteiger partial charge in [0, 0.05) is 0 Å². The summed E-state index contributed by atoms with van der Waals surface area (Å²) < 4.78 is 5.52. The standard InChI is InChI=1S/C11H12O/c1-2-3-5-8-11-9-6-4-7-10(11)12-11/h2,4-10H,1,3H2. The maximum Gasteiger partial charge on any atom is 0.135 e. The Morgan fingerprint density at radius 3 is 3.17 bits per heavy atom. The third-order valence-electron chi connectivity index (χ3n) is 2.15. The second kappa shape index (κ2) is 2.76. The number of fused-ring (bicyclic) bond motifs is 1. The van der Waals surface area contributed by atoms with Gasteiger partial charge in [-0.1, -0.05) is 30.4 Å². The Morgan fingerprint density at radius 1 is 1.50 bits per heavy atom. The smallest absolute Gasteiger partial charge is 0.135 e. The van der Waals surface area contributed by atoms with E-state index in [2.05, 4.69) is 30.9 Å². The van der Waals surface area contributed by atoms with Gasteiger partial charge in [-0.15, -0.1) is 6.58 Å². The third-order valence-corrected chi connectivity index (χ3v) is 2.15. The normalized spacial score (nSPS) is 36.8. The fourth-order valence-corrected chi connectivity index (χ4v) is 1.42. The van der Waals surface area contributed by atoms with Crippen molar-refractivity contribution in [2.75, 3.05) is 0 Å². The van der Waals surface area contributed by atoms with Gasteiger partial charge in [-0.3, -0.25) is 0 Å². The van der Waals surface area contributed by atoms with Crippen LogP contribution < -0.4 is 0 Å². The van der Waals surface area contributed by atoms with E-state index in [1.165, 1.54) is 0 Å². The molecule has 1 aliphatic carbocycles. The maximum absolute atomic E-state index is 5.52. The van der Waals surface area contributed by atoms with E-state index >= 15 is 0 Å². The van der Waals surface area contributed by atoms with Gasteiger partial charge < -0.3 is 4.74 Å². The molecule has 1 saturated heterocycles. The van der Waals surface area contributed by atoms with Gasteiger partial charge in [-0.2, -0.15) is 0 Å². The number of allylic oxidation sites excluding steroid dienone is 4. The summed E-state index contributed by atoms with van der Waals surface area (Å²) in [5, 5.41) is 0. The molecular formula is C11H12O. The SMILES string of the molecule is C=CCC=CC12C=CC=CC1O2. The van der Waals surface area contributed by atoms with Crippen molar-refractivity contribution in [2.24, 2.45) is 0 Å². The van der Waals surface area contributed by atoms with Gasteiger partial charge in [0.15, 0.2) is 0 Å². The van der Waals surface area contributed by atoms with Crippen molar-refractivity contribution in [2.45, 2.75) is 18.1 Å². The molecule has 1 fully saturated rings. The van der Waals surface area contributed by atoms with Crippen LogP contribution in [0.1, 0.15) is 6.42 Å². The highest BCUT2D eigenvalue weighted by Gasteiger charge is 2.51. The van der Waals surface area contributed by atoms with Crippen LogP contribution in [0.4, 0.5) is 0 Å². The van der Waals surface area contributed by atoms with Crippen LogP contribution in [-0.4, -0.2) is 11.7 Å².